The summed E-state index contributed by atoms with van der Waals surface area (Å²) in [5.74, 6) is -2.02. The van der Waals surface area contributed by atoms with E-state index in [1.54, 1.807) is 0 Å². The normalized spacial score (nSPS) is 22.6. The Bertz CT molecular complexity index is 636. The highest BCUT2D eigenvalue weighted by atomic mass is 32.2. The fourth-order valence-corrected chi connectivity index (χ4v) is 4.54. The molecule has 0 amide bonds. The number of nitro groups is 1. The van der Waals surface area contributed by atoms with Crippen molar-refractivity contribution in [2.75, 3.05) is 0 Å². The molecule has 0 saturated heterocycles. The van der Waals surface area contributed by atoms with E-state index in [0.29, 0.717) is 19.3 Å². The van der Waals surface area contributed by atoms with Crippen molar-refractivity contribution in [1.29, 1.82) is 0 Å². The quantitative estimate of drug-likeness (QED) is 0.667. The number of carboxylic acids is 1. The van der Waals surface area contributed by atoms with Crippen molar-refractivity contribution < 1.29 is 23.2 Å². The molecule has 0 aromatic heterocycles. The van der Waals surface area contributed by atoms with E-state index in [1.165, 1.54) is 0 Å². The number of hydrogen-bond acceptors (Lipinski definition) is 5. The molecule has 2 rings (SSSR count). The lowest BCUT2D eigenvalue weighted by atomic mass is 10.1. The number of non-ortho nitro benzene ring substituents is 1. The zero-order valence-corrected chi connectivity index (χ0v) is 11.2. The Hall–Kier alpha value is -1.96. The predicted octanol–water partition coefficient (Wildman–Crippen LogP) is 1.62. The summed E-state index contributed by atoms with van der Waals surface area (Å²) < 4.78 is 24.8. The van der Waals surface area contributed by atoms with Crippen LogP contribution in [-0.2, 0) is 14.6 Å². The summed E-state index contributed by atoms with van der Waals surface area (Å²) >= 11 is 0. The van der Waals surface area contributed by atoms with Crippen molar-refractivity contribution in [1.82, 2.24) is 0 Å². The van der Waals surface area contributed by atoms with E-state index in [2.05, 4.69) is 0 Å². The van der Waals surface area contributed by atoms with Crippen LogP contribution in [0.5, 0.6) is 0 Å². The molecule has 0 bridgehead atoms. The van der Waals surface area contributed by atoms with Crippen LogP contribution < -0.4 is 0 Å². The Labute approximate surface area is 115 Å². The van der Waals surface area contributed by atoms with E-state index >= 15 is 0 Å². The maximum absolute atomic E-state index is 12.4. The van der Waals surface area contributed by atoms with Gasteiger partial charge in [-0.3, -0.25) is 14.9 Å². The van der Waals surface area contributed by atoms with Crippen LogP contribution in [0.1, 0.15) is 19.3 Å². The van der Waals surface area contributed by atoms with Gasteiger partial charge in [-0.05, 0) is 25.0 Å². The van der Waals surface area contributed by atoms with Crippen LogP contribution >= 0.6 is 0 Å². The highest BCUT2D eigenvalue weighted by Crippen LogP contribution is 2.35. The largest absolute Gasteiger partial charge is 0.481 e. The number of aliphatic carboxylic acids is 1. The molecule has 0 unspecified atom stereocenters. The Morgan fingerprint density at radius 3 is 2.35 bits per heavy atom. The van der Waals surface area contributed by atoms with Gasteiger partial charge >= 0.3 is 5.97 Å². The Morgan fingerprint density at radius 1 is 1.25 bits per heavy atom. The maximum atomic E-state index is 12.4. The monoisotopic (exact) mass is 299 g/mol. The van der Waals surface area contributed by atoms with Crippen molar-refractivity contribution >= 4 is 21.5 Å². The Balaban J connectivity index is 2.35. The highest BCUT2D eigenvalue weighted by Gasteiger charge is 2.42. The first-order valence-electron chi connectivity index (χ1n) is 6.05. The van der Waals surface area contributed by atoms with Crippen molar-refractivity contribution in [2.24, 2.45) is 5.92 Å². The number of benzene rings is 1. The third-order valence-electron chi connectivity index (χ3n) is 3.54. The molecule has 0 heterocycles. The Kier molecular flexibility index (Phi) is 3.76. The zero-order valence-electron chi connectivity index (χ0n) is 10.4. The van der Waals surface area contributed by atoms with Gasteiger partial charge in [0, 0.05) is 12.1 Å². The zero-order chi connectivity index (χ0) is 14.9. The number of rotatable bonds is 4. The third-order valence-corrected chi connectivity index (χ3v) is 5.83. The topological polar surface area (TPSA) is 115 Å². The van der Waals surface area contributed by atoms with E-state index in [9.17, 15) is 23.3 Å². The molecule has 108 valence electrons. The summed E-state index contributed by atoms with van der Waals surface area (Å²) in [4.78, 5) is 20.9. The lowest BCUT2D eigenvalue weighted by molar-refractivity contribution is -0.384. The first kappa shape index (κ1) is 14.4. The van der Waals surface area contributed by atoms with Gasteiger partial charge in [-0.15, -0.1) is 0 Å². The molecule has 1 fully saturated rings. The predicted molar refractivity (Wildman–Crippen MR) is 69.0 cm³/mol. The fraction of sp³-hybridized carbons (Fsp3) is 0.417. The van der Waals surface area contributed by atoms with Gasteiger partial charge in [-0.1, -0.05) is 6.42 Å². The molecule has 1 aliphatic rings. The average Bonchev–Trinajstić information content (AvgIpc) is 2.89. The minimum Gasteiger partial charge on any atom is -0.481 e. The van der Waals surface area contributed by atoms with Crippen LogP contribution in [0.15, 0.2) is 29.2 Å². The molecule has 1 aromatic rings. The highest BCUT2D eigenvalue weighted by molar-refractivity contribution is 7.92. The number of carbonyl (C=O) groups is 1. The molecule has 1 aromatic carbocycles. The summed E-state index contributed by atoms with van der Waals surface area (Å²) in [6.45, 7) is 0. The summed E-state index contributed by atoms with van der Waals surface area (Å²) in [5.41, 5.74) is -0.204. The molecule has 8 heteroatoms. The second-order valence-electron chi connectivity index (χ2n) is 4.71. The van der Waals surface area contributed by atoms with E-state index in [1.807, 2.05) is 0 Å². The minimum absolute atomic E-state index is 0.0683. The van der Waals surface area contributed by atoms with E-state index in [-0.39, 0.29) is 10.6 Å². The number of nitro benzene ring substituents is 1. The smallest absolute Gasteiger partial charge is 0.307 e. The van der Waals surface area contributed by atoms with Crippen LogP contribution in [-0.4, -0.2) is 29.7 Å². The number of hydrogen-bond donors (Lipinski definition) is 1. The van der Waals surface area contributed by atoms with Gasteiger partial charge in [0.05, 0.1) is 21.0 Å². The fourth-order valence-electron chi connectivity index (χ4n) is 2.51. The van der Waals surface area contributed by atoms with E-state index in [4.69, 9.17) is 5.11 Å². The minimum atomic E-state index is -3.78. The standard InChI is InChI=1S/C12H13NO6S/c14-12(15)10-2-1-3-11(10)20(18,19)9-6-4-8(5-7-9)13(16)17/h4-7,10-11H,1-3H2,(H,14,15)/t10-,11+/m0/s1. The summed E-state index contributed by atoms with van der Waals surface area (Å²) in [7, 11) is -3.78. The summed E-state index contributed by atoms with van der Waals surface area (Å²) in [6, 6.07) is 4.53. The van der Waals surface area contributed by atoms with Crippen LogP contribution in [0.4, 0.5) is 5.69 Å². The number of sulfone groups is 1. The van der Waals surface area contributed by atoms with Crippen LogP contribution in [0.3, 0.4) is 0 Å². The van der Waals surface area contributed by atoms with Crippen molar-refractivity contribution in [2.45, 2.75) is 29.4 Å². The molecule has 1 N–H and O–H groups in total. The van der Waals surface area contributed by atoms with Crippen molar-refractivity contribution in [3.05, 3.63) is 34.4 Å². The first-order chi connectivity index (χ1) is 9.34. The molecule has 0 spiro atoms. The van der Waals surface area contributed by atoms with Crippen molar-refractivity contribution in [3.8, 4) is 0 Å². The van der Waals surface area contributed by atoms with E-state index < -0.39 is 31.9 Å². The van der Waals surface area contributed by atoms with Gasteiger partial charge in [-0.2, -0.15) is 0 Å². The molecule has 2 atom stereocenters. The Morgan fingerprint density at radius 2 is 1.85 bits per heavy atom. The lowest BCUT2D eigenvalue weighted by Gasteiger charge is -2.16. The third kappa shape index (κ3) is 2.51. The van der Waals surface area contributed by atoms with Gasteiger partial charge in [0.1, 0.15) is 0 Å². The van der Waals surface area contributed by atoms with Crippen molar-refractivity contribution in [3.63, 3.8) is 0 Å². The van der Waals surface area contributed by atoms with Crippen LogP contribution in [0.2, 0.25) is 0 Å². The molecule has 7 nitrogen and oxygen atoms in total. The van der Waals surface area contributed by atoms with Gasteiger partial charge in [0.15, 0.2) is 9.84 Å². The van der Waals surface area contributed by atoms with Crippen LogP contribution in [0, 0.1) is 16.0 Å². The lowest BCUT2D eigenvalue weighted by Crippen LogP contribution is -2.30. The molecule has 1 saturated carbocycles. The summed E-state index contributed by atoms with van der Waals surface area (Å²) in [6.07, 6.45) is 1.19. The van der Waals surface area contributed by atoms with E-state index in [0.717, 1.165) is 24.3 Å². The molecular formula is C12H13NO6S. The van der Waals surface area contributed by atoms with Gasteiger partial charge < -0.3 is 5.11 Å². The summed E-state index contributed by atoms with van der Waals surface area (Å²) in [5, 5.41) is 18.6. The molecule has 20 heavy (non-hydrogen) atoms. The molecular weight excluding hydrogens is 286 g/mol. The average molecular weight is 299 g/mol. The molecule has 1 aliphatic carbocycles. The maximum Gasteiger partial charge on any atom is 0.307 e. The number of nitrogens with zero attached hydrogens (tertiary/aromatic N) is 1. The molecule has 0 radical (unpaired) electrons. The second kappa shape index (κ2) is 5.20. The first-order valence-corrected chi connectivity index (χ1v) is 7.60. The SMILES string of the molecule is O=C(O)[C@H]1CCC[C@H]1S(=O)(=O)c1ccc([N+](=O)[O-])cc1. The second-order valence-corrected chi connectivity index (χ2v) is 6.88. The van der Waals surface area contributed by atoms with Gasteiger partial charge in [0.25, 0.3) is 5.69 Å². The van der Waals surface area contributed by atoms with Gasteiger partial charge in [-0.25, -0.2) is 8.42 Å². The number of carboxylic acid groups (broad SMARTS) is 1. The van der Waals surface area contributed by atoms with Crippen LogP contribution in [0.25, 0.3) is 0 Å². The molecule has 0 aliphatic heterocycles. The van der Waals surface area contributed by atoms with Gasteiger partial charge in [0.2, 0.25) is 0 Å².